The van der Waals surface area contributed by atoms with Crippen molar-refractivity contribution >= 4 is 52.1 Å². The highest BCUT2D eigenvalue weighted by Crippen LogP contribution is 2.36. The summed E-state index contributed by atoms with van der Waals surface area (Å²) in [6, 6.07) is 2.14. The average Bonchev–Trinajstić information content (AvgIpc) is 3.22. The maximum Gasteiger partial charge on any atom is 0.303 e. The van der Waals surface area contributed by atoms with Crippen LogP contribution in [0, 0.1) is 18.3 Å². The van der Waals surface area contributed by atoms with Gasteiger partial charge in [-0.2, -0.15) is 5.26 Å². The Kier molecular flexibility index (Phi) is 13.4. The van der Waals surface area contributed by atoms with Crippen LogP contribution in [0.4, 0.5) is 5.82 Å². The molecule has 1 aromatic rings. The quantitative estimate of drug-likeness (QED) is 0.128. The zero-order valence-electron chi connectivity index (χ0n) is 24.6. The Bertz CT molecular complexity index is 1230. The number of rotatable bonds is 16. The topological polar surface area (TPSA) is 107 Å². The van der Waals surface area contributed by atoms with E-state index in [0.29, 0.717) is 27.9 Å². The number of pyridine rings is 1. The number of thioether (sulfide) groups is 1. The third-order valence-electron chi connectivity index (χ3n) is 7.91. The summed E-state index contributed by atoms with van der Waals surface area (Å²) in [5.41, 5.74) is 1.30. The normalized spacial score (nSPS) is 16.6. The number of anilines is 1. The highest BCUT2D eigenvalue weighted by atomic mass is 32.2. The summed E-state index contributed by atoms with van der Waals surface area (Å²) in [5, 5.41) is 18.6. The molecule has 0 aromatic carbocycles. The molecule has 1 N–H and O–H groups in total. The van der Waals surface area contributed by atoms with E-state index in [1.807, 2.05) is 13.0 Å². The van der Waals surface area contributed by atoms with Crippen molar-refractivity contribution in [3.05, 3.63) is 31.9 Å². The van der Waals surface area contributed by atoms with Crippen molar-refractivity contribution in [3.8, 4) is 6.07 Å². The van der Waals surface area contributed by atoms with Gasteiger partial charge in [-0.3, -0.25) is 23.9 Å². The standard InChI is InChI=1S/C31H44N4O4S2/c1-3-4-19-34-28(33-17-13-11-14-18-33)24(23(2)25(22-32)29(34)38)21-26-30(39)35(31(40)41-26)20-15-10-8-6-5-7-9-12-16-27(36)37/h21H,3-20H2,1-2H3,(H,36,37)/b26-21+. The Labute approximate surface area is 253 Å². The summed E-state index contributed by atoms with van der Waals surface area (Å²) < 4.78 is 2.32. The van der Waals surface area contributed by atoms with Crippen LogP contribution in [0.25, 0.3) is 6.08 Å². The van der Waals surface area contributed by atoms with E-state index in [0.717, 1.165) is 108 Å². The number of nitrogens with zero attached hydrogens (tertiary/aromatic N) is 4. The molecule has 0 aliphatic carbocycles. The van der Waals surface area contributed by atoms with Crippen molar-refractivity contribution in [1.29, 1.82) is 5.26 Å². The van der Waals surface area contributed by atoms with Crippen molar-refractivity contribution in [1.82, 2.24) is 9.47 Å². The molecule has 0 spiro atoms. The van der Waals surface area contributed by atoms with Crippen molar-refractivity contribution in [2.45, 2.75) is 110 Å². The number of hydrogen-bond donors (Lipinski definition) is 1. The fourth-order valence-electron chi connectivity index (χ4n) is 5.54. The lowest BCUT2D eigenvalue weighted by atomic mass is 10.0. The first-order valence-electron chi connectivity index (χ1n) is 15.2. The van der Waals surface area contributed by atoms with E-state index in [-0.39, 0.29) is 23.5 Å². The molecule has 224 valence electrons. The molecule has 0 radical (unpaired) electrons. The van der Waals surface area contributed by atoms with Crippen LogP contribution in [0.1, 0.15) is 114 Å². The number of unbranched alkanes of at least 4 members (excludes halogenated alkanes) is 8. The molecule has 3 rings (SSSR count). The van der Waals surface area contributed by atoms with Crippen LogP contribution >= 0.6 is 24.0 Å². The maximum atomic E-state index is 13.5. The molecular formula is C31H44N4O4S2. The lowest BCUT2D eigenvalue weighted by Gasteiger charge is -2.33. The molecule has 2 saturated heterocycles. The number of amides is 1. The number of nitriles is 1. The molecule has 2 aliphatic heterocycles. The molecule has 0 saturated carbocycles. The van der Waals surface area contributed by atoms with Crippen molar-refractivity contribution in [2.24, 2.45) is 0 Å². The Morgan fingerprint density at radius 2 is 1.63 bits per heavy atom. The second kappa shape index (κ2) is 16.7. The van der Waals surface area contributed by atoms with Gasteiger partial charge in [-0.05, 0) is 57.1 Å². The van der Waals surface area contributed by atoms with Gasteiger partial charge in [0.1, 0.15) is 21.8 Å². The Balaban J connectivity index is 1.72. The predicted molar refractivity (Wildman–Crippen MR) is 170 cm³/mol. The van der Waals surface area contributed by atoms with Gasteiger partial charge in [0, 0.05) is 38.2 Å². The van der Waals surface area contributed by atoms with Gasteiger partial charge in [0.25, 0.3) is 11.5 Å². The first kappa shape index (κ1) is 32.9. The van der Waals surface area contributed by atoms with Crippen LogP contribution in [0.3, 0.4) is 0 Å². The van der Waals surface area contributed by atoms with E-state index in [1.165, 1.54) is 11.8 Å². The van der Waals surface area contributed by atoms with Gasteiger partial charge >= 0.3 is 5.97 Å². The van der Waals surface area contributed by atoms with Crippen LogP contribution in [-0.2, 0) is 16.1 Å². The van der Waals surface area contributed by atoms with E-state index in [2.05, 4.69) is 17.9 Å². The highest BCUT2D eigenvalue weighted by molar-refractivity contribution is 8.26. The summed E-state index contributed by atoms with van der Waals surface area (Å²) in [5.74, 6) is -0.00358. The van der Waals surface area contributed by atoms with Crippen LogP contribution < -0.4 is 10.5 Å². The molecule has 2 aliphatic rings. The minimum Gasteiger partial charge on any atom is -0.481 e. The molecule has 2 fully saturated rings. The van der Waals surface area contributed by atoms with Gasteiger partial charge in [0.05, 0.1) is 4.91 Å². The zero-order chi connectivity index (χ0) is 29.8. The smallest absolute Gasteiger partial charge is 0.303 e. The second-order valence-electron chi connectivity index (χ2n) is 11.0. The Morgan fingerprint density at radius 1 is 1.00 bits per heavy atom. The summed E-state index contributed by atoms with van der Waals surface area (Å²) in [6.45, 7) is 6.72. The molecule has 3 heterocycles. The van der Waals surface area contributed by atoms with E-state index in [4.69, 9.17) is 17.3 Å². The molecule has 0 atom stereocenters. The third kappa shape index (κ3) is 8.92. The van der Waals surface area contributed by atoms with E-state index < -0.39 is 5.97 Å². The largest absolute Gasteiger partial charge is 0.481 e. The van der Waals surface area contributed by atoms with Gasteiger partial charge in [-0.15, -0.1) is 0 Å². The Morgan fingerprint density at radius 3 is 2.24 bits per heavy atom. The molecule has 0 bridgehead atoms. The number of aromatic nitrogens is 1. The van der Waals surface area contributed by atoms with Gasteiger partial charge in [0.2, 0.25) is 0 Å². The van der Waals surface area contributed by atoms with Crippen molar-refractivity contribution < 1.29 is 14.7 Å². The minimum atomic E-state index is -0.726. The zero-order valence-corrected chi connectivity index (χ0v) is 26.2. The second-order valence-corrected chi connectivity index (χ2v) is 12.7. The van der Waals surface area contributed by atoms with E-state index in [1.54, 1.807) is 9.47 Å². The van der Waals surface area contributed by atoms with Gasteiger partial charge < -0.3 is 10.0 Å². The van der Waals surface area contributed by atoms with Crippen LogP contribution in [0.5, 0.6) is 0 Å². The van der Waals surface area contributed by atoms with Crippen LogP contribution in [-0.4, -0.2) is 50.4 Å². The van der Waals surface area contributed by atoms with Gasteiger partial charge in [-0.25, -0.2) is 0 Å². The van der Waals surface area contributed by atoms with Crippen molar-refractivity contribution in [2.75, 3.05) is 24.5 Å². The van der Waals surface area contributed by atoms with E-state index in [9.17, 15) is 19.6 Å². The lowest BCUT2D eigenvalue weighted by molar-refractivity contribution is -0.137. The minimum absolute atomic E-state index is 0.104. The Hall–Kier alpha value is -2.64. The van der Waals surface area contributed by atoms with Crippen LogP contribution in [0.15, 0.2) is 9.70 Å². The number of aliphatic carboxylic acids is 1. The fourth-order valence-corrected chi connectivity index (χ4v) is 6.84. The number of hydrogen-bond acceptors (Lipinski definition) is 7. The van der Waals surface area contributed by atoms with Crippen LogP contribution in [0.2, 0.25) is 0 Å². The number of carboxylic acids is 1. The predicted octanol–water partition coefficient (Wildman–Crippen LogP) is 6.62. The maximum absolute atomic E-state index is 13.5. The molecule has 41 heavy (non-hydrogen) atoms. The molecule has 1 amide bonds. The summed E-state index contributed by atoms with van der Waals surface area (Å²) in [4.78, 5) is 41.9. The number of carbonyl (C=O) groups is 2. The van der Waals surface area contributed by atoms with Gasteiger partial charge in [-0.1, -0.05) is 75.8 Å². The lowest BCUT2D eigenvalue weighted by Crippen LogP contribution is -2.37. The summed E-state index contributed by atoms with van der Waals surface area (Å²) in [7, 11) is 0. The SMILES string of the molecule is CCCCn1c(N2CCCCC2)c(/C=C2/SC(=S)N(CCCCCCCCCCC(=O)O)C2=O)c(C)c(C#N)c1=O. The van der Waals surface area contributed by atoms with E-state index >= 15 is 0 Å². The summed E-state index contributed by atoms with van der Waals surface area (Å²) >= 11 is 6.90. The first-order chi connectivity index (χ1) is 19.8. The fraction of sp³-hybridized carbons (Fsp3) is 0.645. The number of carbonyl (C=O) groups excluding carboxylic acids is 1. The number of thiocarbonyl (C=S) groups is 1. The monoisotopic (exact) mass is 600 g/mol. The summed E-state index contributed by atoms with van der Waals surface area (Å²) in [6.07, 6.45) is 15.1. The number of carboxylic acid groups (broad SMARTS) is 1. The van der Waals surface area contributed by atoms with Crippen molar-refractivity contribution in [3.63, 3.8) is 0 Å². The third-order valence-corrected chi connectivity index (χ3v) is 9.29. The van der Waals surface area contributed by atoms with Gasteiger partial charge in [0.15, 0.2) is 0 Å². The molecule has 10 heteroatoms. The first-order valence-corrected chi connectivity index (χ1v) is 16.4. The average molecular weight is 601 g/mol. The molecular weight excluding hydrogens is 556 g/mol. The highest BCUT2D eigenvalue weighted by Gasteiger charge is 2.33. The molecule has 0 unspecified atom stereocenters. The number of piperidine rings is 1. The molecule has 8 nitrogen and oxygen atoms in total. The molecule has 1 aromatic heterocycles.